The summed E-state index contributed by atoms with van der Waals surface area (Å²) in [5.41, 5.74) is 11.0. The summed E-state index contributed by atoms with van der Waals surface area (Å²) in [6.45, 7) is 0.747. The van der Waals surface area contributed by atoms with Crippen molar-refractivity contribution in [2.24, 2.45) is 5.73 Å². The van der Waals surface area contributed by atoms with Crippen molar-refractivity contribution in [1.82, 2.24) is 15.3 Å². The Hall–Kier alpha value is -3.03. The van der Waals surface area contributed by atoms with Crippen molar-refractivity contribution in [3.8, 4) is 39.5 Å². The molecular weight excluding hydrogens is 474 g/mol. The number of halogens is 3. The molecule has 4 aromatic rings. The van der Waals surface area contributed by atoms with E-state index in [-0.39, 0.29) is 5.82 Å². The van der Waals surface area contributed by atoms with E-state index in [9.17, 15) is 4.39 Å². The molecule has 0 fully saturated rings. The van der Waals surface area contributed by atoms with E-state index < -0.39 is 0 Å². The van der Waals surface area contributed by atoms with Gasteiger partial charge in [0.2, 0.25) is 5.88 Å². The number of hydrogen-bond donors (Lipinski definition) is 2. The molecule has 0 atom stereocenters. The standard InChI is InChI=1S/C26H23Cl2FN4O/c1-31-14-17-7-6-15(12-21(17)29)25-24(28)19(10-11-32-25)18-4-3-5-20(23(18)27)22-9-8-16(13-30)26(33-22)34-2/h3-12,31H,13-14,30H2,1-2H3. The highest BCUT2D eigenvalue weighted by Gasteiger charge is 2.18. The lowest BCUT2D eigenvalue weighted by Crippen LogP contribution is -2.07. The van der Waals surface area contributed by atoms with Crippen molar-refractivity contribution in [2.75, 3.05) is 14.2 Å². The van der Waals surface area contributed by atoms with Crippen LogP contribution < -0.4 is 15.8 Å². The molecule has 0 spiro atoms. The average molecular weight is 497 g/mol. The molecule has 0 saturated heterocycles. The molecule has 34 heavy (non-hydrogen) atoms. The first kappa shape index (κ1) is 24.1. The molecule has 0 aliphatic heterocycles. The summed E-state index contributed by atoms with van der Waals surface area (Å²) >= 11 is 13.6. The summed E-state index contributed by atoms with van der Waals surface area (Å²) in [5.74, 6) is 0.130. The number of hydrogen-bond acceptors (Lipinski definition) is 5. The van der Waals surface area contributed by atoms with Gasteiger partial charge in [-0.15, -0.1) is 0 Å². The van der Waals surface area contributed by atoms with Gasteiger partial charge in [-0.25, -0.2) is 9.37 Å². The third-order valence-corrected chi connectivity index (χ3v) is 6.29. The molecule has 0 unspecified atom stereocenters. The Bertz CT molecular complexity index is 1350. The van der Waals surface area contributed by atoms with E-state index in [1.807, 2.05) is 30.3 Å². The van der Waals surface area contributed by atoms with Gasteiger partial charge in [-0.1, -0.05) is 59.6 Å². The van der Waals surface area contributed by atoms with Crippen LogP contribution in [-0.4, -0.2) is 24.1 Å². The van der Waals surface area contributed by atoms with Gasteiger partial charge in [-0.2, -0.15) is 0 Å². The van der Waals surface area contributed by atoms with Crippen molar-refractivity contribution in [3.05, 3.63) is 87.8 Å². The molecular formula is C26H23Cl2FN4O. The Labute approximate surface area is 207 Å². The minimum atomic E-state index is -0.323. The number of nitrogens with two attached hydrogens (primary N) is 1. The molecule has 2 aromatic heterocycles. The number of methoxy groups -OCH3 is 1. The third kappa shape index (κ3) is 4.63. The van der Waals surface area contributed by atoms with Gasteiger partial charge in [0.25, 0.3) is 0 Å². The van der Waals surface area contributed by atoms with Crippen molar-refractivity contribution < 1.29 is 9.13 Å². The van der Waals surface area contributed by atoms with Crippen LogP contribution in [-0.2, 0) is 13.1 Å². The number of nitrogens with one attached hydrogen (secondary N) is 1. The van der Waals surface area contributed by atoms with Crippen LogP contribution in [0.4, 0.5) is 4.39 Å². The number of pyridine rings is 2. The smallest absolute Gasteiger partial charge is 0.218 e. The zero-order chi connectivity index (χ0) is 24.2. The molecule has 0 radical (unpaired) electrons. The van der Waals surface area contributed by atoms with Crippen molar-refractivity contribution in [2.45, 2.75) is 13.1 Å². The van der Waals surface area contributed by atoms with Crippen LogP contribution in [0.2, 0.25) is 10.0 Å². The largest absolute Gasteiger partial charge is 0.481 e. The third-order valence-electron chi connectivity index (χ3n) is 5.50. The lowest BCUT2D eigenvalue weighted by atomic mass is 9.99. The molecule has 5 nitrogen and oxygen atoms in total. The van der Waals surface area contributed by atoms with Gasteiger partial charge in [-0.3, -0.25) is 4.98 Å². The summed E-state index contributed by atoms with van der Waals surface area (Å²) in [6, 6.07) is 16.1. The summed E-state index contributed by atoms with van der Waals surface area (Å²) < 4.78 is 19.9. The lowest BCUT2D eigenvalue weighted by molar-refractivity contribution is 0.393. The Morgan fingerprint density at radius 1 is 0.971 bits per heavy atom. The summed E-state index contributed by atoms with van der Waals surface area (Å²) in [6.07, 6.45) is 1.64. The van der Waals surface area contributed by atoms with Gasteiger partial charge in [0.15, 0.2) is 0 Å². The average Bonchev–Trinajstić information content (AvgIpc) is 2.85. The molecule has 2 aromatic carbocycles. The summed E-state index contributed by atoms with van der Waals surface area (Å²) in [4.78, 5) is 8.98. The van der Waals surface area contributed by atoms with Crippen LogP contribution in [0.25, 0.3) is 33.6 Å². The van der Waals surface area contributed by atoms with Crippen LogP contribution in [0.5, 0.6) is 5.88 Å². The molecule has 8 heteroatoms. The number of benzene rings is 2. The number of nitrogens with zero attached hydrogens (tertiary/aromatic N) is 2. The first-order valence-electron chi connectivity index (χ1n) is 10.6. The molecule has 174 valence electrons. The van der Waals surface area contributed by atoms with Gasteiger partial charge < -0.3 is 15.8 Å². The van der Waals surface area contributed by atoms with Gasteiger partial charge in [0, 0.05) is 52.7 Å². The van der Waals surface area contributed by atoms with Crippen molar-refractivity contribution in [1.29, 1.82) is 0 Å². The normalized spacial score (nSPS) is 11.0. The zero-order valence-electron chi connectivity index (χ0n) is 18.7. The predicted octanol–water partition coefficient (Wildman–Crippen LogP) is 6.11. The van der Waals surface area contributed by atoms with E-state index in [0.717, 1.165) is 11.1 Å². The van der Waals surface area contributed by atoms with E-state index in [0.29, 0.717) is 62.7 Å². The highest BCUT2D eigenvalue weighted by atomic mass is 35.5. The molecule has 0 saturated carbocycles. The van der Waals surface area contributed by atoms with Gasteiger partial charge in [0.1, 0.15) is 5.82 Å². The van der Waals surface area contributed by atoms with E-state index >= 15 is 0 Å². The second-order valence-electron chi connectivity index (χ2n) is 7.59. The van der Waals surface area contributed by atoms with Gasteiger partial charge >= 0.3 is 0 Å². The first-order chi connectivity index (χ1) is 16.5. The molecule has 0 amide bonds. The van der Waals surface area contributed by atoms with Crippen LogP contribution in [0.15, 0.2) is 60.8 Å². The maximum Gasteiger partial charge on any atom is 0.218 e. The fourth-order valence-electron chi connectivity index (χ4n) is 3.77. The fraction of sp³-hybridized carbons (Fsp3) is 0.154. The minimum Gasteiger partial charge on any atom is -0.481 e. The van der Waals surface area contributed by atoms with E-state index in [1.165, 1.54) is 6.07 Å². The predicted molar refractivity (Wildman–Crippen MR) is 136 cm³/mol. The van der Waals surface area contributed by atoms with Crippen LogP contribution in [0.1, 0.15) is 11.1 Å². The summed E-state index contributed by atoms with van der Waals surface area (Å²) in [5, 5.41) is 3.81. The van der Waals surface area contributed by atoms with Gasteiger partial charge in [0.05, 0.1) is 28.5 Å². The van der Waals surface area contributed by atoms with Crippen molar-refractivity contribution in [3.63, 3.8) is 0 Å². The molecule has 4 rings (SSSR count). The zero-order valence-corrected chi connectivity index (χ0v) is 20.2. The Balaban J connectivity index is 1.79. The summed E-state index contributed by atoms with van der Waals surface area (Å²) in [7, 11) is 3.32. The quantitative estimate of drug-likeness (QED) is 0.322. The Morgan fingerprint density at radius 3 is 2.41 bits per heavy atom. The second kappa shape index (κ2) is 10.5. The minimum absolute atomic E-state index is 0.316. The number of rotatable bonds is 7. The van der Waals surface area contributed by atoms with Gasteiger partial charge in [-0.05, 0) is 25.2 Å². The van der Waals surface area contributed by atoms with Crippen LogP contribution >= 0.6 is 23.2 Å². The highest BCUT2D eigenvalue weighted by Crippen LogP contribution is 2.41. The Morgan fingerprint density at radius 2 is 1.71 bits per heavy atom. The van der Waals surface area contributed by atoms with E-state index in [2.05, 4.69) is 15.3 Å². The van der Waals surface area contributed by atoms with E-state index in [4.69, 9.17) is 33.7 Å². The SMILES string of the molecule is CNCc1ccc(-c2nccc(-c3cccc(-c4ccc(CN)c(OC)n4)c3Cl)c2Cl)cc1F. The molecule has 3 N–H and O–H groups in total. The first-order valence-corrected chi connectivity index (χ1v) is 11.3. The lowest BCUT2D eigenvalue weighted by Gasteiger charge is -2.14. The van der Waals surface area contributed by atoms with Crippen LogP contribution in [0.3, 0.4) is 0 Å². The van der Waals surface area contributed by atoms with Crippen LogP contribution in [0, 0.1) is 5.82 Å². The topological polar surface area (TPSA) is 73.1 Å². The maximum atomic E-state index is 14.5. The van der Waals surface area contributed by atoms with Crippen molar-refractivity contribution >= 4 is 23.2 Å². The Kier molecular flexibility index (Phi) is 7.44. The molecule has 0 aliphatic rings. The number of ether oxygens (including phenoxy) is 1. The monoisotopic (exact) mass is 496 g/mol. The van der Waals surface area contributed by atoms with E-state index in [1.54, 1.807) is 38.6 Å². The second-order valence-corrected chi connectivity index (χ2v) is 8.35. The molecule has 2 heterocycles. The fourth-order valence-corrected chi connectivity index (χ4v) is 4.42. The molecule has 0 bridgehead atoms. The highest BCUT2D eigenvalue weighted by molar-refractivity contribution is 6.39. The molecule has 0 aliphatic carbocycles. The number of aromatic nitrogens is 2. The maximum absolute atomic E-state index is 14.5.